The summed E-state index contributed by atoms with van der Waals surface area (Å²) in [7, 11) is 0. The molecule has 0 radical (unpaired) electrons. The number of aromatic hydroxyl groups is 1. The minimum absolute atomic E-state index is 0.0751. The lowest BCUT2D eigenvalue weighted by Crippen LogP contribution is -2.48. The number of amides is 1. The number of esters is 1. The average Bonchev–Trinajstić information content (AvgIpc) is 2.49. The Bertz CT molecular complexity index is 546. The van der Waals surface area contributed by atoms with Crippen molar-refractivity contribution in [2.45, 2.75) is 32.2 Å². The smallest absolute Gasteiger partial charge is 0.328 e. The molecule has 21 heavy (non-hydrogen) atoms. The Labute approximate surface area is 137 Å². The molecular formula is C15H18INO4. The van der Waals surface area contributed by atoms with Gasteiger partial charge >= 0.3 is 5.97 Å². The molecule has 1 unspecified atom stereocenters. The number of carbonyl (C=O) groups excluding carboxylic acids is 2. The van der Waals surface area contributed by atoms with Gasteiger partial charge < -0.3 is 14.7 Å². The first-order valence-electron chi connectivity index (χ1n) is 7.00. The van der Waals surface area contributed by atoms with Gasteiger partial charge in [0.15, 0.2) is 0 Å². The van der Waals surface area contributed by atoms with Crippen LogP contribution in [0.15, 0.2) is 18.2 Å². The molecule has 1 fully saturated rings. The predicted molar refractivity (Wildman–Crippen MR) is 86.1 cm³/mol. The maximum atomic E-state index is 12.6. The van der Waals surface area contributed by atoms with Crippen molar-refractivity contribution in [2.75, 3.05) is 13.2 Å². The summed E-state index contributed by atoms with van der Waals surface area (Å²) in [5.41, 5.74) is 0.393. The number of carbonyl (C=O) groups is 2. The van der Waals surface area contributed by atoms with E-state index in [1.807, 2.05) is 22.6 Å². The monoisotopic (exact) mass is 403 g/mol. The molecule has 1 atom stereocenters. The zero-order chi connectivity index (χ0) is 15.4. The Balaban J connectivity index is 2.21. The van der Waals surface area contributed by atoms with Crippen molar-refractivity contribution in [1.82, 2.24) is 4.90 Å². The highest BCUT2D eigenvalue weighted by Crippen LogP contribution is 2.24. The molecule has 0 spiro atoms. The first-order chi connectivity index (χ1) is 10.0. The van der Waals surface area contributed by atoms with Crippen molar-refractivity contribution in [1.29, 1.82) is 0 Å². The third-order valence-corrected chi connectivity index (χ3v) is 4.43. The molecule has 114 valence electrons. The predicted octanol–water partition coefficient (Wildman–Crippen LogP) is 2.55. The fourth-order valence-corrected chi connectivity index (χ4v) is 2.81. The molecule has 1 aliphatic rings. The molecule has 1 heterocycles. The molecule has 5 nitrogen and oxygen atoms in total. The Morgan fingerprint density at radius 3 is 2.86 bits per heavy atom. The lowest BCUT2D eigenvalue weighted by atomic mass is 10.0. The number of hydrogen-bond donors (Lipinski definition) is 1. The Hall–Kier alpha value is -1.31. The van der Waals surface area contributed by atoms with E-state index in [1.54, 1.807) is 24.0 Å². The fraction of sp³-hybridized carbons (Fsp3) is 0.467. The average molecular weight is 403 g/mol. The Kier molecular flexibility index (Phi) is 5.44. The van der Waals surface area contributed by atoms with E-state index in [9.17, 15) is 14.7 Å². The maximum Gasteiger partial charge on any atom is 0.328 e. The van der Waals surface area contributed by atoms with E-state index in [4.69, 9.17) is 4.74 Å². The molecule has 1 aromatic rings. The molecule has 1 N–H and O–H groups in total. The van der Waals surface area contributed by atoms with E-state index in [0.717, 1.165) is 12.8 Å². The molecule has 2 rings (SSSR count). The van der Waals surface area contributed by atoms with Crippen LogP contribution in [-0.2, 0) is 9.53 Å². The lowest BCUT2D eigenvalue weighted by molar-refractivity contribution is -0.149. The van der Waals surface area contributed by atoms with E-state index in [0.29, 0.717) is 28.7 Å². The standard InChI is InChI=1S/C15H18INO4/c1-2-21-15(20)12-5-3-4-8-17(12)14(19)10-6-7-11(16)13(18)9-10/h6-7,9,12,18H,2-5,8H2,1H3. The van der Waals surface area contributed by atoms with Gasteiger partial charge in [-0.3, -0.25) is 4.79 Å². The Morgan fingerprint density at radius 2 is 2.19 bits per heavy atom. The summed E-state index contributed by atoms with van der Waals surface area (Å²) >= 11 is 2.00. The topological polar surface area (TPSA) is 66.8 Å². The van der Waals surface area contributed by atoms with Gasteiger partial charge in [-0.15, -0.1) is 0 Å². The van der Waals surface area contributed by atoms with Crippen LogP contribution in [0.25, 0.3) is 0 Å². The number of phenolic OH excluding ortho intramolecular Hbond substituents is 1. The highest BCUT2D eigenvalue weighted by Gasteiger charge is 2.33. The molecule has 1 amide bonds. The third-order valence-electron chi connectivity index (χ3n) is 3.52. The highest BCUT2D eigenvalue weighted by atomic mass is 127. The van der Waals surface area contributed by atoms with E-state index in [2.05, 4.69) is 0 Å². The molecule has 1 saturated heterocycles. The zero-order valence-electron chi connectivity index (χ0n) is 11.8. The van der Waals surface area contributed by atoms with Crippen LogP contribution in [0.3, 0.4) is 0 Å². The van der Waals surface area contributed by atoms with Crippen molar-refractivity contribution >= 4 is 34.5 Å². The third kappa shape index (κ3) is 3.66. The second-order valence-electron chi connectivity index (χ2n) is 4.93. The summed E-state index contributed by atoms with van der Waals surface area (Å²) in [5.74, 6) is -0.508. The summed E-state index contributed by atoms with van der Waals surface area (Å²) in [5, 5.41) is 9.74. The molecule has 6 heteroatoms. The van der Waals surface area contributed by atoms with Gasteiger partial charge in [0, 0.05) is 12.1 Å². The molecule has 1 aliphatic heterocycles. The highest BCUT2D eigenvalue weighted by molar-refractivity contribution is 14.1. The van der Waals surface area contributed by atoms with Crippen LogP contribution < -0.4 is 0 Å². The number of halogens is 1. The second-order valence-corrected chi connectivity index (χ2v) is 6.09. The summed E-state index contributed by atoms with van der Waals surface area (Å²) in [6.07, 6.45) is 2.41. The van der Waals surface area contributed by atoms with E-state index < -0.39 is 6.04 Å². The maximum absolute atomic E-state index is 12.6. The molecule has 0 saturated carbocycles. The van der Waals surface area contributed by atoms with Gasteiger partial charge in [-0.25, -0.2) is 4.79 Å². The van der Waals surface area contributed by atoms with Crippen LogP contribution in [0.4, 0.5) is 0 Å². The number of piperidine rings is 1. The van der Waals surface area contributed by atoms with Gasteiger partial charge in [0.25, 0.3) is 5.91 Å². The summed E-state index contributed by atoms with van der Waals surface area (Å²) < 4.78 is 5.74. The van der Waals surface area contributed by atoms with Gasteiger partial charge in [-0.05, 0) is 67.0 Å². The number of benzene rings is 1. The molecular weight excluding hydrogens is 385 g/mol. The zero-order valence-corrected chi connectivity index (χ0v) is 14.0. The van der Waals surface area contributed by atoms with Crippen molar-refractivity contribution in [3.63, 3.8) is 0 Å². The van der Waals surface area contributed by atoms with Gasteiger partial charge in [0.2, 0.25) is 0 Å². The van der Waals surface area contributed by atoms with Crippen LogP contribution >= 0.6 is 22.6 Å². The number of rotatable bonds is 3. The second kappa shape index (κ2) is 7.11. The number of ether oxygens (including phenoxy) is 1. The first kappa shape index (κ1) is 16.1. The molecule has 0 aromatic heterocycles. The van der Waals surface area contributed by atoms with Gasteiger partial charge in [-0.1, -0.05) is 0 Å². The summed E-state index contributed by atoms with van der Waals surface area (Å²) in [6.45, 7) is 2.60. The van der Waals surface area contributed by atoms with Gasteiger partial charge in [0.1, 0.15) is 11.8 Å². The van der Waals surface area contributed by atoms with Gasteiger partial charge in [-0.2, -0.15) is 0 Å². The van der Waals surface area contributed by atoms with Crippen LogP contribution in [0.5, 0.6) is 5.75 Å². The largest absolute Gasteiger partial charge is 0.507 e. The van der Waals surface area contributed by atoms with E-state index in [-0.39, 0.29) is 17.6 Å². The SMILES string of the molecule is CCOC(=O)C1CCCCN1C(=O)c1ccc(I)c(O)c1. The summed E-state index contributed by atoms with van der Waals surface area (Å²) in [4.78, 5) is 26.1. The minimum Gasteiger partial charge on any atom is -0.507 e. The van der Waals surface area contributed by atoms with Crippen molar-refractivity contribution in [3.05, 3.63) is 27.3 Å². The summed E-state index contributed by atoms with van der Waals surface area (Å²) in [6, 6.07) is 4.28. The number of likely N-dealkylation sites (tertiary alicyclic amines) is 1. The molecule has 0 aliphatic carbocycles. The Morgan fingerprint density at radius 1 is 1.43 bits per heavy atom. The quantitative estimate of drug-likeness (QED) is 0.623. The van der Waals surface area contributed by atoms with Crippen molar-refractivity contribution < 1.29 is 19.4 Å². The number of hydrogen-bond acceptors (Lipinski definition) is 4. The van der Waals surface area contributed by atoms with Gasteiger partial charge in [0.05, 0.1) is 10.2 Å². The fourth-order valence-electron chi connectivity index (χ4n) is 2.47. The van der Waals surface area contributed by atoms with Crippen LogP contribution in [0.2, 0.25) is 0 Å². The number of nitrogens with zero attached hydrogens (tertiary/aromatic N) is 1. The van der Waals surface area contributed by atoms with Crippen LogP contribution in [0.1, 0.15) is 36.5 Å². The van der Waals surface area contributed by atoms with Crippen molar-refractivity contribution in [2.24, 2.45) is 0 Å². The number of phenols is 1. The molecule has 0 bridgehead atoms. The van der Waals surface area contributed by atoms with Crippen molar-refractivity contribution in [3.8, 4) is 5.75 Å². The van der Waals surface area contributed by atoms with E-state index >= 15 is 0 Å². The normalized spacial score (nSPS) is 18.4. The first-order valence-corrected chi connectivity index (χ1v) is 8.08. The van der Waals surface area contributed by atoms with Crippen LogP contribution in [-0.4, -0.2) is 41.1 Å². The lowest BCUT2D eigenvalue weighted by Gasteiger charge is -2.34. The minimum atomic E-state index is -0.521. The van der Waals surface area contributed by atoms with Crippen LogP contribution in [0, 0.1) is 3.57 Å². The van der Waals surface area contributed by atoms with E-state index in [1.165, 1.54) is 6.07 Å². The molecule has 1 aromatic carbocycles.